The molecule has 0 radical (unpaired) electrons. The van der Waals surface area contributed by atoms with Gasteiger partial charge in [-0.1, -0.05) is 42.1 Å². The van der Waals surface area contributed by atoms with Gasteiger partial charge in [0.1, 0.15) is 18.4 Å². The third-order valence-electron chi connectivity index (χ3n) is 6.67. The van der Waals surface area contributed by atoms with Crippen molar-refractivity contribution in [2.24, 2.45) is 5.41 Å². The highest BCUT2D eigenvalue weighted by Crippen LogP contribution is 2.48. The summed E-state index contributed by atoms with van der Waals surface area (Å²) in [6.45, 7) is 1.53. The van der Waals surface area contributed by atoms with Gasteiger partial charge < -0.3 is 35.4 Å². The van der Waals surface area contributed by atoms with Gasteiger partial charge in [0, 0.05) is 24.6 Å². The molecular weight excluding hydrogens is 584 g/mol. The van der Waals surface area contributed by atoms with Gasteiger partial charge in [-0.3, -0.25) is 18.6 Å². The van der Waals surface area contributed by atoms with Crippen molar-refractivity contribution in [2.45, 2.75) is 57.2 Å². The number of halogens is 1. The van der Waals surface area contributed by atoms with Gasteiger partial charge in [0.05, 0.1) is 25.2 Å². The van der Waals surface area contributed by atoms with Crippen LogP contribution in [0, 0.1) is 5.41 Å². The molecule has 0 spiro atoms. The van der Waals surface area contributed by atoms with E-state index in [2.05, 4.69) is 10.4 Å². The van der Waals surface area contributed by atoms with Crippen molar-refractivity contribution in [1.82, 2.24) is 15.3 Å². The van der Waals surface area contributed by atoms with Crippen molar-refractivity contribution in [3.8, 4) is 0 Å². The number of thioether (sulfide) groups is 1. The molecule has 0 aliphatic carbocycles. The molecule has 230 valence electrons. The van der Waals surface area contributed by atoms with E-state index in [0.29, 0.717) is 0 Å². The number of carbonyl (C=O) groups is 2. The molecule has 6 N–H and O–H groups in total. The SMILES string of the molecule is CC(C)(CO)C(=O)SCCOP(=O)(NCc1ccccc1)OC[C@@]1(CF)O[C@@H](N2C=CC(=O)NC2O)[C@](C)(O)[C@@H]1O. The molecule has 13 nitrogen and oxygen atoms in total. The number of rotatable bonds is 14. The Bertz CT molecular complexity index is 1140. The molecule has 2 aliphatic rings. The van der Waals surface area contributed by atoms with Crippen molar-refractivity contribution in [3.05, 3.63) is 48.2 Å². The fourth-order valence-corrected chi connectivity index (χ4v) is 6.33. The van der Waals surface area contributed by atoms with Gasteiger partial charge in [-0.2, -0.15) is 0 Å². The minimum Gasteiger partial charge on any atom is -0.395 e. The van der Waals surface area contributed by atoms with Crippen LogP contribution in [0.1, 0.15) is 26.3 Å². The maximum Gasteiger partial charge on any atom is 0.405 e. The number of aliphatic hydroxyl groups is 4. The van der Waals surface area contributed by atoms with Crippen LogP contribution in [0.4, 0.5) is 4.39 Å². The Morgan fingerprint density at radius 3 is 2.59 bits per heavy atom. The molecule has 2 unspecified atom stereocenters. The molecule has 2 aliphatic heterocycles. The second-order valence-electron chi connectivity index (χ2n) is 10.5. The molecule has 1 aromatic rings. The zero-order chi connectivity index (χ0) is 30.5. The van der Waals surface area contributed by atoms with Gasteiger partial charge >= 0.3 is 7.75 Å². The average Bonchev–Trinajstić information content (AvgIpc) is 3.14. The topological polar surface area (TPSA) is 187 Å². The molecule has 0 aromatic heterocycles. The molecule has 16 heteroatoms. The Hall–Kier alpha value is -1.91. The third-order valence-corrected chi connectivity index (χ3v) is 9.39. The van der Waals surface area contributed by atoms with Gasteiger partial charge in [0.25, 0.3) is 0 Å². The second kappa shape index (κ2) is 13.6. The van der Waals surface area contributed by atoms with Gasteiger partial charge in [0.2, 0.25) is 12.3 Å². The van der Waals surface area contributed by atoms with E-state index in [1.54, 1.807) is 44.2 Å². The first-order valence-corrected chi connectivity index (χ1v) is 15.3. The summed E-state index contributed by atoms with van der Waals surface area (Å²) in [4.78, 5) is 24.8. The number of hydrogen-bond acceptors (Lipinski definition) is 12. The number of amides is 1. The smallest absolute Gasteiger partial charge is 0.395 e. The first kappa shape index (κ1) is 33.6. The summed E-state index contributed by atoms with van der Waals surface area (Å²) < 4.78 is 45.1. The molecule has 0 bridgehead atoms. The van der Waals surface area contributed by atoms with Crippen LogP contribution in [-0.4, -0.2) is 98.5 Å². The van der Waals surface area contributed by atoms with Crippen molar-refractivity contribution in [3.63, 3.8) is 0 Å². The molecule has 1 fully saturated rings. The lowest BCUT2D eigenvalue weighted by atomic mass is 9.88. The Balaban J connectivity index is 1.75. The van der Waals surface area contributed by atoms with E-state index in [0.717, 1.165) is 41.4 Å². The standard InChI is InChI=1S/C25H37FN3O10PS/c1-23(2,15-30)21(33)41-12-11-37-40(36,27-13-17-7-5-4-6-8-17)38-16-25(14-26)19(32)24(3,35)20(39-25)29-10-9-18(31)28-22(29)34/h4-10,19-20,22,30,32,34-35H,11-16H2,1-3H3,(H,27,36)(H,28,31)/t19-,20+,22?,24+,25+,40?/m0/s1. The molecular formula is C25H37FN3O10PS. The molecule has 2 heterocycles. The highest BCUT2D eigenvalue weighted by atomic mass is 32.2. The lowest BCUT2D eigenvalue weighted by molar-refractivity contribution is -0.189. The lowest BCUT2D eigenvalue weighted by Gasteiger charge is -2.39. The number of nitrogens with one attached hydrogen (secondary N) is 2. The molecule has 1 saturated heterocycles. The number of aliphatic hydroxyl groups excluding tert-OH is 3. The van der Waals surface area contributed by atoms with Crippen LogP contribution < -0.4 is 10.4 Å². The van der Waals surface area contributed by atoms with Crippen LogP contribution in [0.15, 0.2) is 42.6 Å². The predicted octanol–water partition coefficient (Wildman–Crippen LogP) is 0.594. The second-order valence-corrected chi connectivity index (χ2v) is 13.4. The van der Waals surface area contributed by atoms with E-state index in [1.165, 1.54) is 0 Å². The van der Waals surface area contributed by atoms with Crippen LogP contribution in [0.2, 0.25) is 0 Å². The first-order valence-electron chi connectivity index (χ1n) is 12.7. The van der Waals surface area contributed by atoms with Crippen molar-refractivity contribution < 1.29 is 52.8 Å². The number of benzene rings is 1. The van der Waals surface area contributed by atoms with E-state index in [9.17, 15) is 39.0 Å². The highest BCUT2D eigenvalue weighted by molar-refractivity contribution is 8.13. The van der Waals surface area contributed by atoms with Gasteiger partial charge in [-0.15, -0.1) is 0 Å². The summed E-state index contributed by atoms with van der Waals surface area (Å²) in [6.07, 6.45) is -2.95. The lowest BCUT2D eigenvalue weighted by Crippen LogP contribution is -2.59. The Morgan fingerprint density at radius 2 is 1.98 bits per heavy atom. The fourth-order valence-electron chi connectivity index (χ4n) is 4.04. The van der Waals surface area contributed by atoms with Crippen molar-refractivity contribution >= 4 is 30.5 Å². The zero-order valence-electron chi connectivity index (χ0n) is 22.9. The first-order chi connectivity index (χ1) is 19.2. The normalized spacial score (nSPS) is 29.8. The summed E-state index contributed by atoms with van der Waals surface area (Å²) in [7, 11) is -4.24. The maximum absolute atomic E-state index is 14.6. The molecule has 6 atom stereocenters. The number of hydrogen-bond donors (Lipinski definition) is 6. The zero-order valence-corrected chi connectivity index (χ0v) is 24.6. The quantitative estimate of drug-likeness (QED) is 0.125. The van der Waals surface area contributed by atoms with E-state index in [1.807, 2.05) is 0 Å². The van der Waals surface area contributed by atoms with Crippen LogP contribution >= 0.6 is 19.5 Å². The molecule has 41 heavy (non-hydrogen) atoms. The molecule has 1 aromatic carbocycles. The highest BCUT2D eigenvalue weighted by Gasteiger charge is 2.64. The van der Waals surface area contributed by atoms with E-state index >= 15 is 0 Å². The third kappa shape index (κ3) is 7.93. The van der Waals surface area contributed by atoms with Crippen LogP contribution in [-0.2, 0) is 34.5 Å². The van der Waals surface area contributed by atoms with Gasteiger partial charge in [-0.05, 0) is 26.3 Å². The van der Waals surface area contributed by atoms with Gasteiger partial charge in [0.15, 0.2) is 16.9 Å². The fraction of sp³-hybridized carbons (Fsp3) is 0.600. The summed E-state index contributed by atoms with van der Waals surface area (Å²) in [6, 6.07) is 8.85. The molecule has 3 rings (SSSR count). The van der Waals surface area contributed by atoms with Crippen LogP contribution in [0.5, 0.6) is 0 Å². The predicted molar refractivity (Wildman–Crippen MR) is 146 cm³/mol. The minimum atomic E-state index is -4.24. The molecule has 0 saturated carbocycles. The van der Waals surface area contributed by atoms with E-state index < -0.39 is 62.2 Å². The summed E-state index contributed by atoms with van der Waals surface area (Å²) >= 11 is 0.875. The minimum absolute atomic E-state index is 0.0264. The Kier molecular flexibility index (Phi) is 11.1. The largest absolute Gasteiger partial charge is 0.405 e. The monoisotopic (exact) mass is 621 g/mol. The van der Waals surface area contributed by atoms with E-state index in [-0.39, 0.29) is 30.6 Å². The van der Waals surface area contributed by atoms with Crippen molar-refractivity contribution in [1.29, 1.82) is 0 Å². The summed E-state index contributed by atoms with van der Waals surface area (Å²) in [5.41, 5.74) is -4.68. The molecule has 1 amide bonds. The van der Waals surface area contributed by atoms with Crippen molar-refractivity contribution in [2.75, 3.05) is 32.2 Å². The Morgan fingerprint density at radius 1 is 1.29 bits per heavy atom. The number of nitrogens with zero attached hydrogens (tertiary/aromatic N) is 1. The summed E-state index contributed by atoms with van der Waals surface area (Å²) in [5.74, 6) is -0.549. The van der Waals surface area contributed by atoms with Crippen LogP contribution in [0.3, 0.4) is 0 Å². The number of alkyl halides is 1. The Labute approximate surface area is 241 Å². The number of carbonyl (C=O) groups excluding carboxylic acids is 2. The van der Waals surface area contributed by atoms with Gasteiger partial charge in [-0.25, -0.2) is 14.0 Å². The average molecular weight is 622 g/mol. The number of ether oxygens (including phenoxy) is 1. The maximum atomic E-state index is 14.6. The summed E-state index contributed by atoms with van der Waals surface area (Å²) in [5, 5.41) is 46.2. The van der Waals surface area contributed by atoms with Crippen LogP contribution in [0.25, 0.3) is 0 Å². The van der Waals surface area contributed by atoms with E-state index in [4.69, 9.17) is 13.8 Å².